The molecule has 3 nitrogen and oxygen atoms in total. The first-order valence-electron chi connectivity index (χ1n) is 5.06. The SMILES string of the molecule is CCCNCCc1ccnc(OC)c1. The summed E-state index contributed by atoms with van der Waals surface area (Å²) in [5.41, 5.74) is 1.26. The lowest BCUT2D eigenvalue weighted by Crippen LogP contribution is -2.17. The fourth-order valence-corrected chi connectivity index (χ4v) is 1.25. The van der Waals surface area contributed by atoms with Crippen molar-refractivity contribution in [3.05, 3.63) is 23.9 Å². The number of nitrogens with one attached hydrogen (secondary N) is 1. The molecule has 0 bridgehead atoms. The number of pyridine rings is 1. The van der Waals surface area contributed by atoms with Crippen molar-refractivity contribution in [2.24, 2.45) is 0 Å². The highest BCUT2D eigenvalue weighted by molar-refractivity contribution is 5.20. The largest absolute Gasteiger partial charge is 0.481 e. The number of hydrogen-bond acceptors (Lipinski definition) is 3. The summed E-state index contributed by atoms with van der Waals surface area (Å²) < 4.78 is 5.05. The second-order valence-electron chi connectivity index (χ2n) is 3.21. The van der Waals surface area contributed by atoms with Crippen LogP contribution in [-0.4, -0.2) is 25.2 Å². The Bertz CT molecular complexity index is 263. The van der Waals surface area contributed by atoms with E-state index in [4.69, 9.17) is 4.74 Å². The zero-order valence-electron chi connectivity index (χ0n) is 8.92. The number of nitrogens with zero attached hydrogens (tertiary/aromatic N) is 1. The third-order valence-corrected chi connectivity index (χ3v) is 2.03. The molecule has 1 heterocycles. The Balaban J connectivity index is 2.34. The Hall–Kier alpha value is -1.09. The normalized spacial score (nSPS) is 10.1. The van der Waals surface area contributed by atoms with Gasteiger partial charge in [-0.25, -0.2) is 4.98 Å². The molecule has 1 rings (SSSR count). The molecule has 0 aliphatic heterocycles. The standard InChI is InChI=1S/C11H18N2O/c1-3-6-12-7-4-10-5-8-13-11(9-10)14-2/h5,8-9,12H,3-4,6-7H2,1-2H3. The molecule has 1 aromatic rings. The lowest BCUT2D eigenvalue weighted by atomic mass is 10.2. The fraction of sp³-hybridized carbons (Fsp3) is 0.545. The van der Waals surface area contributed by atoms with E-state index in [1.54, 1.807) is 13.3 Å². The number of methoxy groups -OCH3 is 1. The first-order chi connectivity index (χ1) is 6.86. The summed E-state index contributed by atoms with van der Waals surface area (Å²) in [7, 11) is 1.64. The minimum Gasteiger partial charge on any atom is -0.481 e. The summed E-state index contributed by atoms with van der Waals surface area (Å²) in [5, 5.41) is 3.36. The minimum atomic E-state index is 0.693. The predicted molar refractivity (Wildman–Crippen MR) is 57.7 cm³/mol. The van der Waals surface area contributed by atoms with Crippen LogP contribution >= 0.6 is 0 Å². The fourth-order valence-electron chi connectivity index (χ4n) is 1.25. The van der Waals surface area contributed by atoms with Gasteiger partial charge >= 0.3 is 0 Å². The molecular weight excluding hydrogens is 176 g/mol. The van der Waals surface area contributed by atoms with Gasteiger partial charge in [0, 0.05) is 12.3 Å². The van der Waals surface area contributed by atoms with Crippen LogP contribution in [0.4, 0.5) is 0 Å². The molecule has 0 unspecified atom stereocenters. The third-order valence-electron chi connectivity index (χ3n) is 2.03. The average Bonchev–Trinajstić information content (AvgIpc) is 2.25. The molecule has 3 heteroatoms. The van der Waals surface area contributed by atoms with E-state index < -0.39 is 0 Å². The van der Waals surface area contributed by atoms with E-state index in [0.717, 1.165) is 19.5 Å². The van der Waals surface area contributed by atoms with Crippen LogP contribution in [0.5, 0.6) is 5.88 Å². The Morgan fingerprint density at radius 1 is 1.43 bits per heavy atom. The molecule has 0 atom stereocenters. The number of hydrogen-bond donors (Lipinski definition) is 1. The highest BCUT2D eigenvalue weighted by atomic mass is 16.5. The van der Waals surface area contributed by atoms with Crippen LogP contribution in [0.2, 0.25) is 0 Å². The average molecular weight is 194 g/mol. The van der Waals surface area contributed by atoms with E-state index in [-0.39, 0.29) is 0 Å². The molecule has 0 saturated heterocycles. The molecule has 0 spiro atoms. The molecule has 0 amide bonds. The summed E-state index contributed by atoms with van der Waals surface area (Å²) in [6.45, 7) is 4.27. The van der Waals surface area contributed by atoms with E-state index in [0.29, 0.717) is 5.88 Å². The van der Waals surface area contributed by atoms with Gasteiger partial charge in [0.25, 0.3) is 0 Å². The van der Waals surface area contributed by atoms with Crippen LogP contribution in [0.1, 0.15) is 18.9 Å². The van der Waals surface area contributed by atoms with Gasteiger partial charge in [-0.05, 0) is 37.6 Å². The van der Waals surface area contributed by atoms with Crippen molar-refractivity contribution in [2.75, 3.05) is 20.2 Å². The quantitative estimate of drug-likeness (QED) is 0.699. The highest BCUT2D eigenvalue weighted by Gasteiger charge is 1.96. The summed E-state index contributed by atoms with van der Waals surface area (Å²) in [6.07, 6.45) is 3.99. The first kappa shape index (κ1) is 11.0. The molecule has 14 heavy (non-hydrogen) atoms. The van der Waals surface area contributed by atoms with Gasteiger partial charge in [0.1, 0.15) is 0 Å². The molecule has 0 radical (unpaired) electrons. The number of rotatable bonds is 6. The van der Waals surface area contributed by atoms with E-state index in [1.165, 1.54) is 12.0 Å². The van der Waals surface area contributed by atoms with Crippen LogP contribution in [0.15, 0.2) is 18.3 Å². The zero-order chi connectivity index (χ0) is 10.2. The van der Waals surface area contributed by atoms with Gasteiger partial charge in [-0.3, -0.25) is 0 Å². The molecule has 0 aliphatic carbocycles. The second-order valence-corrected chi connectivity index (χ2v) is 3.21. The van der Waals surface area contributed by atoms with E-state index in [1.807, 2.05) is 12.1 Å². The maximum absolute atomic E-state index is 5.05. The smallest absolute Gasteiger partial charge is 0.213 e. The minimum absolute atomic E-state index is 0.693. The Labute approximate surface area is 85.5 Å². The van der Waals surface area contributed by atoms with Gasteiger partial charge in [0.2, 0.25) is 5.88 Å². The molecule has 0 saturated carbocycles. The van der Waals surface area contributed by atoms with Crippen molar-refractivity contribution in [1.29, 1.82) is 0 Å². The van der Waals surface area contributed by atoms with Gasteiger partial charge < -0.3 is 10.1 Å². The van der Waals surface area contributed by atoms with Crippen LogP contribution in [0.3, 0.4) is 0 Å². The van der Waals surface area contributed by atoms with Crippen molar-refractivity contribution in [2.45, 2.75) is 19.8 Å². The molecule has 1 N–H and O–H groups in total. The molecule has 0 fully saturated rings. The monoisotopic (exact) mass is 194 g/mol. The second kappa shape index (κ2) is 6.38. The molecule has 0 aliphatic rings. The Kier molecular flexibility index (Phi) is 5.00. The first-order valence-corrected chi connectivity index (χ1v) is 5.06. The molecule has 0 aromatic carbocycles. The summed E-state index contributed by atoms with van der Waals surface area (Å²) in [6, 6.07) is 4.00. The van der Waals surface area contributed by atoms with Crippen molar-refractivity contribution in [3.63, 3.8) is 0 Å². The van der Waals surface area contributed by atoms with Crippen LogP contribution < -0.4 is 10.1 Å². The van der Waals surface area contributed by atoms with Gasteiger partial charge in [-0.15, -0.1) is 0 Å². The van der Waals surface area contributed by atoms with Gasteiger partial charge in [0.05, 0.1) is 7.11 Å². The topological polar surface area (TPSA) is 34.2 Å². The summed E-state index contributed by atoms with van der Waals surface area (Å²) in [4.78, 5) is 4.06. The van der Waals surface area contributed by atoms with Crippen molar-refractivity contribution in [3.8, 4) is 5.88 Å². The lowest BCUT2D eigenvalue weighted by Gasteiger charge is -2.04. The molecular formula is C11H18N2O. The molecule has 1 aromatic heterocycles. The van der Waals surface area contributed by atoms with Crippen LogP contribution in [0, 0.1) is 0 Å². The maximum atomic E-state index is 5.05. The van der Waals surface area contributed by atoms with Crippen molar-refractivity contribution < 1.29 is 4.74 Å². The summed E-state index contributed by atoms with van der Waals surface area (Å²) in [5.74, 6) is 0.693. The summed E-state index contributed by atoms with van der Waals surface area (Å²) >= 11 is 0. The van der Waals surface area contributed by atoms with Gasteiger partial charge in [-0.1, -0.05) is 6.92 Å². The maximum Gasteiger partial charge on any atom is 0.213 e. The third kappa shape index (κ3) is 3.75. The number of ether oxygens (including phenoxy) is 1. The highest BCUT2D eigenvalue weighted by Crippen LogP contribution is 2.08. The van der Waals surface area contributed by atoms with Gasteiger partial charge in [0.15, 0.2) is 0 Å². The van der Waals surface area contributed by atoms with E-state index >= 15 is 0 Å². The lowest BCUT2D eigenvalue weighted by molar-refractivity contribution is 0.397. The number of aromatic nitrogens is 1. The van der Waals surface area contributed by atoms with Crippen LogP contribution in [0.25, 0.3) is 0 Å². The van der Waals surface area contributed by atoms with E-state index in [2.05, 4.69) is 17.2 Å². The van der Waals surface area contributed by atoms with E-state index in [9.17, 15) is 0 Å². The van der Waals surface area contributed by atoms with Crippen molar-refractivity contribution >= 4 is 0 Å². The zero-order valence-corrected chi connectivity index (χ0v) is 8.92. The van der Waals surface area contributed by atoms with Crippen LogP contribution in [-0.2, 0) is 6.42 Å². The van der Waals surface area contributed by atoms with Crippen molar-refractivity contribution in [1.82, 2.24) is 10.3 Å². The Morgan fingerprint density at radius 3 is 3.00 bits per heavy atom. The predicted octanol–water partition coefficient (Wildman–Crippen LogP) is 1.63. The van der Waals surface area contributed by atoms with Gasteiger partial charge in [-0.2, -0.15) is 0 Å². The Morgan fingerprint density at radius 2 is 2.29 bits per heavy atom. The molecule has 78 valence electrons.